The van der Waals surface area contributed by atoms with Crippen molar-refractivity contribution in [1.82, 2.24) is 4.90 Å². The number of likely N-dealkylation sites (tertiary alicyclic amines) is 1. The minimum Gasteiger partial charge on any atom is -0.489 e. The van der Waals surface area contributed by atoms with E-state index >= 15 is 0 Å². The largest absolute Gasteiger partial charge is 0.489 e. The quantitative estimate of drug-likeness (QED) is 0.903. The standard InChI is InChI=1S/C11H13BrN2O2/c12-8-1-3-9(4-2-8)16-10-5-6-14(7-10)11(13)15/h1-4,10H,5-7H2,(H2,13,15). The molecule has 0 bridgehead atoms. The fourth-order valence-electron chi connectivity index (χ4n) is 1.73. The molecular formula is C11H13BrN2O2. The van der Waals surface area contributed by atoms with E-state index in [1.807, 2.05) is 24.3 Å². The van der Waals surface area contributed by atoms with Crippen LogP contribution in [0, 0.1) is 0 Å². The van der Waals surface area contributed by atoms with Crippen LogP contribution in [0.15, 0.2) is 28.7 Å². The van der Waals surface area contributed by atoms with Gasteiger partial charge in [0.2, 0.25) is 0 Å². The highest BCUT2D eigenvalue weighted by atomic mass is 79.9. The second kappa shape index (κ2) is 4.74. The highest BCUT2D eigenvalue weighted by Gasteiger charge is 2.25. The number of urea groups is 1. The van der Waals surface area contributed by atoms with E-state index in [-0.39, 0.29) is 12.1 Å². The third-order valence-corrected chi connectivity index (χ3v) is 3.10. The lowest BCUT2D eigenvalue weighted by Crippen LogP contribution is -2.35. The van der Waals surface area contributed by atoms with Gasteiger partial charge >= 0.3 is 6.03 Å². The molecule has 4 nitrogen and oxygen atoms in total. The summed E-state index contributed by atoms with van der Waals surface area (Å²) in [5.41, 5.74) is 5.20. The molecule has 5 heteroatoms. The van der Waals surface area contributed by atoms with E-state index in [4.69, 9.17) is 10.5 Å². The van der Waals surface area contributed by atoms with Crippen molar-refractivity contribution >= 4 is 22.0 Å². The van der Waals surface area contributed by atoms with Gasteiger partial charge < -0.3 is 15.4 Å². The summed E-state index contributed by atoms with van der Waals surface area (Å²) in [6.07, 6.45) is 0.882. The summed E-state index contributed by atoms with van der Waals surface area (Å²) in [5.74, 6) is 0.819. The molecule has 0 saturated carbocycles. The lowest BCUT2D eigenvalue weighted by molar-refractivity contribution is 0.192. The van der Waals surface area contributed by atoms with Gasteiger partial charge in [0.05, 0.1) is 6.54 Å². The first-order chi connectivity index (χ1) is 7.65. The van der Waals surface area contributed by atoms with E-state index in [1.165, 1.54) is 0 Å². The molecule has 1 aromatic rings. The Morgan fingerprint density at radius 1 is 1.44 bits per heavy atom. The second-order valence-electron chi connectivity index (χ2n) is 3.77. The summed E-state index contributed by atoms with van der Waals surface area (Å²) in [4.78, 5) is 12.5. The summed E-state index contributed by atoms with van der Waals surface area (Å²) in [5, 5.41) is 0. The molecule has 1 atom stereocenters. The van der Waals surface area contributed by atoms with Gasteiger partial charge in [-0.15, -0.1) is 0 Å². The number of nitrogens with two attached hydrogens (primary N) is 1. The van der Waals surface area contributed by atoms with Crippen molar-refractivity contribution in [3.05, 3.63) is 28.7 Å². The maximum atomic E-state index is 10.9. The number of halogens is 1. The van der Waals surface area contributed by atoms with Gasteiger partial charge in [-0.3, -0.25) is 0 Å². The third kappa shape index (κ3) is 2.66. The Labute approximate surface area is 102 Å². The molecule has 1 aliphatic rings. The van der Waals surface area contributed by atoms with E-state index in [0.717, 1.165) is 16.6 Å². The molecule has 0 aromatic heterocycles. The first-order valence-electron chi connectivity index (χ1n) is 5.12. The van der Waals surface area contributed by atoms with Crippen LogP contribution in [0.4, 0.5) is 4.79 Å². The summed E-state index contributed by atoms with van der Waals surface area (Å²) in [7, 11) is 0. The molecule has 2 amide bonds. The average Bonchev–Trinajstić information content (AvgIpc) is 2.70. The third-order valence-electron chi connectivity index (χ3n) is 2.57. The van der Waals surface area contributed by atoms with Crippen LogP contribution in [0.5, 0.6) is 5.75 Å². The summed E-state index contributed by atoms with van der Waals surface area (Å²) < 4.78 is 6.76. The number of hydrogen-bond donors (Lipinski definition) is 1. The molecule has 1 unspecified atom stereocenters. The normalized spacial score (nSPS) is 19.8. The molecule has 86 valence electrons. The fourth-order valence-corrected chi connectivity index (χ4v) is 1.99. The maximum Gasteiger partial charge on any atom is 0.314 e. The van der Waals surface area contributed by atoms with E-state index in [9.17, 15) is 4.79 Å². The van der Waals surface area contributed by atoms with Gasteiger partial charge in [0, 0.05) is 17.4 Å². The predicted octanol–water partition coefficient (Wildman–Crippen LogP) is 1.98. The molecule has 2 N–H and O–H groups in total. The Kier molecular flexibility index (Phi) is 3.33. The molecule has 1 aromatic carbocycles. The van der Waals surface area contributed by atoms with Gasteiger partial charge in [-0.1, -0.05) is 15.9 Å². The molecule has 1 fully saturated rings. The molecule has 0 aliphatic carbocycles. The topological polar surface area (TPSA) is 55.6 Å². The van der Waals surface area contributed by atoms with Crippen LogP contribution in [0.25, 0.3) is 0 Å². The zero-order valence-corrected chi connectivity index (χ0v) is 10.3. The number of ether oxygens (including phenoxy) is 1. The zero-order chi connectivity index (χ0) is 11.5. The van der Waals surface area contributed by atoms with Crippen molar-refractivity contribution in [3.63, 3.8) is 0 Å². The molecular weight excluding hydrogens is 272 g/mol. The molecule has 1 heterocycles. The molecule has 0 spiro atoms. The van der Waals surface area contributed by atoms with Gasteiger partial charge in [-0.2, -0.15) is 0 Å². The van der Waals surface area contributed by atoms with Crippen LogP contribution >= 0.6 is 15.9 Å². The Bertz CT molecular complexity index is 380. The smallest absolute Gasteiger partial charge is 0.314 e. The van der Waals surface area contributed by atoms with Crippen LogP contribution in [0.2, 0.25) is 0 Å². The van der Waals surface area contributed by atoms with Crippen molar-refractivity contribution < 1.29 is 9.53 Å². The van der Waals surface area contributed by atoms with Crippen molar-refractivity contribution in [2.75, 3.05) is 13.1 Å². The van der Waals surface area contributed by atoms with Crippen LogP contribution in [-0.4, -0.2) is 30.1 Å². The Morgan fingerprint density at radius 3 is 2.69 bits per heavy atom. The van der Waals surface area contributed by atoms with E-state index in [2.05, 4.69) is 15.9 Å². The van der Waals surface area contributed by atoms with E-state index in [0.29, 0.717) is 13.1 Å². The van der Waals surface area contributed by atoms with Gasteiger partial charge in [0.1, 0.15) is 11.9 Å². The number of primary amides is 1. The van der Waals surface area contributed by atoms with Crippen LogP contribution in [0.3, 0.4) is 0 Å². The van der Waals surface area contributed by atoms with Crippen LogP contribution < -0.4 is 10.5 Å². The lowest BCUT2D eigenvalue weighted by atomic mass is 10.3. The molecule has 16 heavy (non-hydrogen) atoms. The zero-order valence-electron chi connectivity index (χ0n) is 8.73. The number of carbonyl (C=O) groups excluding carboxylic acids is 1. The number of benzene rings is 1. The van der Waals surface area contributed by atoms with E-state index in [1.54, 1.807) is 4.90 Å². The SMILES string of the molecule is NC(=O)N1CCC(Oc2ccc(Br)cc2)C1. The first-order valence-corrected chi connectivity index (χ1v) is 5.91. The summed E-state index contributed by atoms with van der Waals surface area (Å²) in [6, 6.07) is 7.28. The number of nitrogens with zero attached hydrogens (tertiary/aromatic N) is 1. The van der Waals surface area contributed by atoms with Crippen molar-refractivity contribution in [3.8, 4) is 5.75 Å². The Balaban J connectivity index is 1.92. The van der Waals surface area contributed by atoms with Crippen LogP contribution in [0.1, 0.15) is 6.42 Å². The first kappa shape index (κ1) is 11.3. The minimum absolute atomic E-state index is 0.0497. The number of hydrogen-bond acceptors (Lipinski definition) is 2. The highest BCUT2D eigenvalue weighted by Crippen LogP contribution is 2.20. The van der Waals surface area contributed by atoms with Gasteiger partial charge in [-0.25, -0.2) is 4.79 Å². The number of amides is 2. The summed E-state index contributed by atoms with van der Waals surface area (Å²) >= 11 is 3.36. The molecule has 2 rings (SSSR count). The minimum atomic E-state index is -0.373. The van der Waals surface area contributed by atoms with Gasteiger partial charge in [0.25, 0.3) is 0 Å². The van der Waals surface area contributed by atoms with Crippen LogP contribution in [-0.2, 0) is 0 Å². The Hall–Kier alpha value is -1.23. The fraction of sp³-hybridized carbons (Fsp3) is 0.364. The monoisotopic (exact) mass is 284 g/mol. The Morgan fingerprint density at radius 2 is 2.12 bits per heavy atom. The number of rotatable bonds is 2. The summed E-state index contributed by atoms with van der Waals surface area (Å²) in [6.45, 7) is 1.25. The van der Waals surface area contributed by atoms with Crippen molar-refractivity contribution in [2.45, 2.75) is 12.5 Å². The number of carbonyl (C=O) groups is 1. The van der Waals surface area contributed by atoms with E-state index < -0.39 is 0 Å². The average molecular weight is 285 g/mol. The van der Waals surface area contributed by atoms with Gasteiger partial charge in [-0.05, 0) is 24.3 Å². The van der Waals surface area contributed by atoms with Crippen molar-refractivity contribution in [1.29, 1.82) is 0 Å². The highest BCUT2D eigenvalue weighted by molar-refractivity contribution is 9.10. The molecule has 1 aliphatic heterocycles. The molecule has 0 radical (unpaired) electrons. The second-order valence-corrected chi connectivity index (χ2v) is 4.68. The van der Waals surface area contributed by atoms with Crippen molar-refractivity contribution in [2.24, 2.45) is 5.73 Å². The maximum absolute atomic E-state index is 10.9. The predicted molar refractivity (Wildman–Crippen MR) is 64.3 cm³/mol. The van der Waals surface area contributed by atoms with Gasteiger partial charge in [0.15, 0.2) is 0 Å². The lowest BCUT2D eigenvalue weighted by Gasteiger charge is -2.15. The molecule has 1 saturated heterocycles.